The fourth-order valence-electron chi connectivity index (χ4n) is 4.30. The van der Waals surface area contributed by atoms with Gasteiger partial charge in [-0.25, -0.2) is 4.79 Å². The van der Waals surface area contributed by atoms with E-state index in [4.69, 9.17) is 0 Å². The van der Waals surface area contributed by atoms with Gasteiger partial charge in [-0.1, -0.05) is 0 Å². The van der Waals surface area contributed by atoms with E-state index in [2.05, 4.69) is 32.0 Å². The van der Waals surface area contributed by atoms with E-state index in [0.29, 0.717) is 6.04 Å². The summed E-state index contributed by atoms with van der Waals surface area (Å²) >= 11 is 0. The van der Waals surface area contributed by atoms with Crippen LogP contribution in [-0.2, 0) is 0 Å². The van der Waals surface area contributed by atoms with Crippen LogP contribution in [0.2, 0.25) is 0 Å². The predicted octanol–water partition coefficient (Wildman–Crippen LogP) is 3.19. The standard InChI is InChI=1S/C21H31N5O/c1-24-12-14-25(15-13-24)11-8-19-4-2-3-10-26(19)21(27)23-18-5-6-20-17(16-18)7-9-22-20/h5-7,9,16,19,22H,2-4,8,10-15H2,1H3,(H,23,27)/t19-/m1/s1. The van der Waals surface area contributed by atoms with Crippen molar-refractivity contribution in [3.05, 3.63) is 30.5 Å². The van der Waals surface area contributed by atoms with E-state index >= 15 is 0 Å². The molecule has 2 N–H and O–H groups in total. The summed E-state index contributed by atoms with van der Waals surface area (Å²) in [5, 5.41) is 4.24. The van der Waals surface area contributed by atoms with Crippen molar-refractivity contribution in [3.63, 3.8) is 0 Å². The number of carbonyl (C=O) groups is 1. The lowest BCUT2D eigenvalue weighted by atomic mass is 9.99. The number of urea groups is 1. The first kappa shape index (κ1) is 18.3. The number of aromatic nitrogens is 1. The molecule has 0 unspecified atom stereocenters. The summed E-state index contributed by atoms with van der Waals surface area (Å²) in [6.07, 6.45) is 6.46. The van der Waals surface area contributed by atoms with Crippen molar-refractivity contribution >= 4 is 22.6 Å². The monoisotopic (exact) mass is 369 g/mol. The largest absolute Gasteiger partial charge is 0.361 e. The third-order valence-electron chi connectivity index (χ3n) is 6.07. The van der Waals surface area contributed by atoms with E-state index in [1.165, 1.54) is 6.42 Å². The zero-order valence-corrected chi connectivity index (χ0v) is 16.3. The quantitative estimate of drug-likeness (QED) is 0.870. The Morgan fingerprint density at radius 1 is 1.15 bits per heavy atom. The lowest BCUT2D eigenvalue weighted by Gasteiger charge is -2.38. The number of nitrogens with one attached hydrogen (secondary N) is 2. The highest BCUT2D eigenvalue weighted by Crippen LogP contribution is 2.23. The molecule has 2 saturated heterocycles. The van der Waals surface area contributed by atoms with Gasteiger partial charge in [0.05, 0.1) is 0 Å². The number of likely N-dealkylation sites (tertiary alicyclic amines) is 1. The number of fused-ring (bicyclic) bond motifs is 1. The number of hydrogen-bond donors (Lipinski definition) is 2. The molecule has 0 bridgehead atoms. The van der Waals surface area contributed by atoms with Gasteiger partial charge in [-0.05, 0) is 57.0 Å². The number of likely N-dealkylation sites (N-methyl/N-ethyl adjacent to an activating group) is 1. The fourth-order valence-corrected chi connectivity index (χ4v) is 4.30. The number of anilines is 1. The van der Waals surface area contributed by atoms with E-state index in [0.717, 1.165) is 75.1 Å². The van der Waals surface area contributed by atoms with Gasteiger partial charge in [0.15, 0.2) is 0 Å². The summed E-state index contributed by atoms with van der Waals surface area (Å²) < 4.78 is 0. The molecular weight excluding hydrogens is 338 g/mol. The van der Waals surface area contributed by atoms with E-state index in [1.807, 2.05) is 30.5 Å². The average molecular weight is 370 g/mol. The predicted molar refractivity (Wildman–Crippen MR) is 110 cm³/mol. The zero-order chi connectivity index (χ0) is 18.6. The molecule has 4 rings (SSSR count). The fraction of sp³-hybridized carbons (Fsp3) is 0.571. The number of hydrogen-bond acceptors (Lipinski definition) is 3. The molecule has 146 valence electrons. The van der Waals surface area contributed by atoms with Crippen LogP contribution >= 0.6 is 0 Å². The van der Waals surface area contributed by atoms with Gasteiger partial charge in [0.25, 0.3) is 0 Å². The number of piperidine rings is 1. The van der Waals surface area contributed by atoms with E-state index < -0.39 is 0 Å². The second kappa shape index (κ2) is 8.31. The molecule has 2 fully saturated rings. The molecule has 1 aromatic heterocycles. The minimum Gasteiger partial charge on any atom is -0.361 e. The number of benzene rings is 1. The summed E-state index contributed by atoms with van der Waals surface area (Å²) in [4.78, 5) is 23.1. The van der Waals surface area contributed by atoms with Crippen molar-refractivity contribution in [3.8, 4) is 0 Å². The summed E-state index contributed by atoms with van der Waals surface area (Å²) in [7, 11) is 2.19. The Morgan fingerprint density at radius 2 is 2.00 bits per heavy atom. The summed E-state index contributed by atoms with van der Waals surface area (Å²) in [6.45, 7) is 6.55. The lowest BCUT2D eigenvalue weighted by molar-refractivity contribution is 0.122. The van der Waals surface area contributed by atoms with Crippen LogP contribution in [0.25, 0.3) is 10.9 Å². The van der Waals surface area contributed by atoms with Crippen LogP contribution in [0.5, 0.6) is 0 Å². The Kier molecular flexibility index (Phi) is 5.64. The maximum absolute atomic E-state index is 12.9. The molecule has 2 aromatic rings. The van der Waals surface area contributed by atoms with Gasteiger partial charge >= 0.3 is 6.03 Å². The minimum absolute atomic E-state index is 0.0490. The number of carbonyl (C=O) groups excluding carboxylic acids is 1. The minimum atomic E-state index is 0.0490. The Balaban J connectivity index is 1.35. The molecule has 0 saturated carbocycles. The number of piperazine rings is 1. The Bertz CT molecular complexity index is 765. The molecule has 2 aliphatic rings. The molecule has 0 aliphatic carbocycles. The van der Waals surface area contributed by atoms with Crippen LogP contribution in [0, 0.1) is 0 Å². The van der Waals surface area contributed by atoms with Crippen molar-refractivity contribution in [2.45, 2.75) is 31.7 Å². The smallest absolute Gasteiger partial charge is 0.322 e. The van der Waals surface area contributed by atoms with Crippen LogP contribution in [-0.4, -0.2) is 78.1 Å². The molecule has 0 radical (unpaired) electrons. The first-order valence-electron chi connectivity index (χ1n) is 10.2. The van der Waals surface area contributed by atoms with Crippen LogP contribution in [0.3, 0.4) is 0 Å². The highest BCUT2D eigenvalue weighted by molar-refractivity contribution is 5.93. The Morgan fingerprint density at radius 3 is 2.85 bits per heavy atom. The maximum atomic E-state index is 12.9. The van der Waals surface area contributed by atoms with Crippen molar-refractivity contribution in [1.29, 1.82) is 0 Å². The van der Waals surface area contributed by atoms with E-state index in [9.17, 15) is 4.79 Å². The number of rotatable bonds is 4. The van der Waals surface area contributed by atoms with Gasteiger partial charge in [-0.2, -0.15) is 0 Å². The summed E-state index contributed by atoms with van der Waals surface area (Å²) in [6, 6.07) is 8.46. The normalized spacial score (nSPS) is 22.3. The van der Waals surface area contributed by atoms with Gasteiger partial charge in [0.2, 0.25) is 0 Å². The van der Waals surface area contributed by atoms with E-state index in [1.54, 1.807) is 0 Å². The summed E-state index contributed by atoms with van der Waals surface area (Å²) in [5.41, 5.74) is 1.96. The molecule has 0 spiro atoms. The van der Waals surface area contributed by atoms with Gasteiger partial charge < -0.3 is 25.0 Å². The molecule has 2 amide bonds. The number of nitrogens with zero attached hydrogens (tertiary/aromatic N) is 3. The van der Waals surface area contributed by atoms with E-state index in [-0.39, 0.29) is 6.03 Å². The van der Waals surface area contributed by atoms with Gasteiger partial charge in [0, 0.05) is 68.1 Å². The molecule has 27 heavy (non-hydrogen) atoms. The molecule has 3 heterocycles. The molecule has 6 nitrogen and oxygen atoms in total. The SMILES string of the molecule is CN1CCN(CC[C@H]2CCCCN2C(=O)Nc2ccc3[nH]ccc3c2)CC1. The third-order valence-corrected chi connectivity index (χ3v) is 6.07. The molecule has 6 heteroatoms. The van der Waals surface area contributed by atoms with Gasteiger partial charge in [-0.15, -0.1) is 0 Å². The summed E-state index contributed by atoms with van der Waals surface area (Å²) in [5.74, 6) is 0. The second-order valence-corrected chi connectivity index (χ2v) is 7.99. The zero-order valence-electron chi connectivity index (χ0n) is 16.3. The van der Waals surface area contributed by atoms with Crippen molar-refractivity contribution in [1.82, 2.24) is 19.7 Å². The van der Waals surface area contributed by atoms with Crippen molar-refractivity contribution < 1.29 is 4.79 Å². The van der Waals surface area contributed by atoms with Gasteiger partial charge in [0.1, 0.15) is 0 Å². The molecular formula is C21H31N5O. The van der Waals surface area contributed by atoms with Crippen LogP contribution < -0.4 is 5.32 Å². The molecule has 2 aliphatic heterocycles. The second-order valence-electron chi connectivity index (χ2n) is 7.99. The topological polar surface area (TPSA) is 54.6 Å². The molecule has 1 atom stereocenters. The van der Waals surface area contributed by atoms with Crippen molar-refractivity contribution in [2.24, 2.45) is 0 Å². The number of H-pyrrole nitrogens is 1. The van der Waals surface area contributed by atoms with Gasteiger partial charge in [-0.3, -0.25) is 0 Å². The number of amides is 2. The highest BCUT2D eigenvalue weighted by Gasteiger charge is 2.27. The van der Waals surface area contributed by atoms with Crippen LogP contribution in [0.15, 0.2) is 30.5 Å². The Labute approximate surface area is 161 Å². The first-order chi connectivity index (χ1) is 13.2. The average Bonchev–Trinajstić information content (AvgIpc) is 3.15. The number of aromatic amines is 1. The van der Waals surface area contributed by atoms with Crippen molar-refractivity contribution in [2.75, 3.05) is 51.6 Å². The highest BCUT2D eigenvalue weighted by atomic mass is 16.2. The maximum Gasteiger partial charge on any atom is 0.322 e. The van der Waals surface area contributed by atoms with Crippen LogP contribution in [0.4, 0.5) is 10.5 Å². The van der Waals surface area contributed by atoms with Crippen LogP contribution in [0.1, 0.15) is 25.7 Å². The molecule has 1 aromatic carbocycles. The lowest BCUT2D eigenvalue weighted by Crippen LogP contribution is -2.49. The first-order valence-corrected chi connectivity index (χ1v) is 10.2. The Hall–Kier alpha value is -2.05. The third kappa shape index (κ3) is 4.45.